The molecule has 0 aliphatic heterocycles. The molecule has 0 heterocycles. The monoisotopic (exact) mass is 361 g/mol. The number of benzene rings is 1. The normalized spacial score (nSPS) is 11.8. The molecule has 0 saturated carbocycles. The number of rotatable bonds is 5. The maximum absolute atomic E-state index is 12.5. The van der Waals surface area contributed by atoms with Crippen LogP contribution in [0.1, 0.15) is 30.6 Å². The number of nitrogens with zero attached hydrogens (tertiary/aromatic N) is 2. The number of hydrogen-bond donors (Lipinski definition) is 2. The lowest BCUT2D eigenvalue weighted by Crippen LogP contribution is -2.39. The van der Waals surface area contributed by atoms with Crippen LogP contribution in [0, 0.1) is 0 Å². The molecule has 0 saturated heterocycles. The van der Waals surface area contributed by atoms with Crippen LogP contribution in [0.5, 0.6) is 0 Å². The van der Waals surface area contributed by atoms with Gasteiger partial charge in [0.05, 0.1) is 5.56 Å². The first-order valence-electron chi connectivity index (χ1n) is 6.09. The molecule has 0 radical (unpaired) electrons. The van der Waals surface area contributed by atoms with E-state index in [2.05, 4.69) is 21.1 Å². The first-order valence-corrected chi connectivity index (χ1v) is 7.26. The third-order valence-electron chi connectivity index (χ3n) is 2.78. The second-order valence-electron chi connectivity index (χ2n) is 4.56. The number of carbonyl (C=O) groups is 1. The number of hydrogen-bond acceptors (Lipinski definition) is 3. The van der Waals surface area contributed by atoms with Gasteiger partial charge >= 0.3 is 0 Å². The van der Waals surface area contributed by atoms with E-state index in [0.717, 1.165) is 0 Å². The highest BCUT2D eigenvalue weighted by Crippen LogP contribution is 2.23. The first kappa shape index (κ1) is 16.8. The van der Waals surface area contributed by atoms with Crippen molar-refractivity contribution in [1.29, 1.82) is 0 Å². The Kier molecular flexibility index (Phi) is 6.29. The van der Waals surface area contributed by atoms with E-state index < -0.39 is 0 Å². The molecule has 0 unspecified atom stereocenters. The maximum Gasteiger partial charge on any atom is 0.255 e. The standard InChI is InChI=1S/C13H17BrClN3O2/c1-8(2)18(6-5-12(16)17-20)13(19)10-4-3-9(15)7-11(10)14/h3-4,7-8,20H,5-6H2,1-2H3,(H2,16,17). The molecule has 0 bridgehead atoms. The maximum atomic E-state index is 12.5. The molecule has 110 valence electrons. The van der Waals surface area contributed by atoms with E-state index in [1.165, 1.54) is 0 Å². The van der Waals surface area contributed by atoms with Crippen molar-refractivity contribution in [2.24, 2.45) is 10.9 Å². The minimum atomic E-state index is -0.130. The lowest BCUT2D eigenvalue weighted by atomic mass is 10.1. The fourth-order valence-electron chi connectivity index (χ4n) is 1.70. The molecule has 0 atom stereocenters. The van der Waals surface area contributed by atoms with Gasteiger partial charge in [-0.1, -0.05) is 16.8 Å². The van der Waals surface area contributed by atoms with E-state index in [1.807, 2.05) is 13.8 Å². The highest BCUT2D eigenvalue weighted by atomic mass is 79.9. The lowest BCUT2D eigenvalue weighted by Gasteiger charge is -2.27. The fourth-order valence-corrected chi connectivity index (χ4v) is 2.55. The van der Waals surface area contributed by atoms with Crippen LogP contribution < -0.4 is 5.73 Å². The Labute approximate surface area is 131 Å². The number of nitrogens with two attached hydrogens (primary N) is 1. The summed E-state index contributed by atoms with van der Waals surface area (Å²) in [5, 5.41) is 12.0. The van der Waals surface area contributed by atoms with Crippen molar-refractivity contribution in [2.75, 3.05) is 6.54 Å². The second-order valence-corrected chi connectivity index (χ2v) is 5.85. The quantitative estimate of drug-likeness (QED) is 0.366. The van der Waals surface area contributed by atoms with Crippen LogP contribution in [0.3, 0.4) is 0 Å². The Morgan fingerprint density at radius 2 is 2.20 bits per heavy atom. The zero-order valence-corrected chi connectivity index (χ0v) is 13.6. The van der Waals surface area contributed by atoms with Crippen LogP contribution in [-0.4, -0.2) is 34.4 Å². The molecule has 0 spiro atoms. The fraction of sp³-hybridized carbons (Fsp3) is 0.385. The van der Waals surface area contributed by atoms with Gasteiger partial charge in [0.1, 0.15) is 5.84 Å². The molecule has 1 rings (SSSR count). The van der Waals surface area contributed by atoms with E-state index in [1.54, 1.807) is 23.1 Å². The van der Waals surface area contributed by atoms with Crippen molar-refractivity contribution in [2.45, 2.75) is 26.3 Å². The van der Waals surface area contributed by atoms with E-state index in [-0.39, 0.29) is 17.8 Å². The number of halogens is 2. The SMILES string of the molecule is CC(C)N(CC/C(N)=N/O)C(=O)c1ccc(Cl)cc1Br. The molecule has 1 aromatic rings. The average molecular weight is 363 g/mol. The van der Waals surface area contributed by atoms with Gasteiger partial charge in [-0.05, 0) is 48.0 Å². The summed E-state index contributed by atoms with van der Waals surface area (Å²) in [5.74, 6) is -0.0343. The zero-order valence-electron chi connectivity index (χ0n) is 11.3. The summed E-state index contributed by atoms with van der Waals surface area (Å²) < 4.78 is 0.643. The molecule has 0 aliphatic rings. The molecule has 0 aliphatic carbocycles. The van der Waals surface area contributed by atoms with Crippen LogP contribution in [0.4, 0.5) is 0 Å². The summed E-state index contributed by atoms with van der Waals surface area (Å²) in [6.45, 7) is 4.20. The van der Waals surface area contributed by atoms with E-state index in [4.69, 9.17) is 22.5 Å². The lowest BCUT2D eigenvalue weighted by molar-refractivity contribution is 0.0710. The summed E-state index contributed by atoms with van der Waals surface area (Å²) in [5.41, 5.74) is 5.98. The van der Waals surface area contributed by atoms with Gasteiger partial charge < -0.3 is 15.8 Å². The molecule has 1 amide bonds. The van der Waals surface area contributed by atoms with Gasteiger partial charge in [0.25, 0.3) is 5.91 Å². The summed E-state index contributed by atoms with van der Waals surface area (Å²) in [4.78, 5) is 14.2. The van der Waals surface area contributed by atoms with Gasteiger partial charge in [-0.15, -0.1) is 0 Å². The molecule has 3 N–H and O–H groups in total. The third kappa shape index (κ3) is 4.38. The Hall–Kier alpha value is -1.27. The molecule has 0 fully saturated rings. The van der Waals surface area contributed by atoms with Crippen molar-refractivity contribution in [3.8, 4) is 0 Å². The minimum absolute atomic E-state index is 0.00318. The predicted octanol–water partition coefficient (Wildman–Crippen LogP) is 3.09. The highest BCUT2D eigenvalue weighted by molar-refractivity contribution is 9.10. The van der Waals surface area contributed by atoms with Crippen molar-refractivity contribution in [3.05, 3.63) is 33.3 Å². The second kappa shape index (κ2) is 7.50. The number of carbonyl (C=O) groups excluding carboxylic acids is 1. The summed E-state index contributed by atoms with van der Waals surface area (Å²) in [7, 11) is 0. The van der Waals surface area contributed by atoms with Crippen molar-refractivity contribution in [1.82, 2.24) is 4.90 Å². The largest absolute Gasteiger partial charge is 0.409 e. The van der Waals surface area contributed by atoms with Gasteiger partial charge in [0.15, 0.2) is 0 Å². The molecule has 0 aromatic heterocycles. The van der Waals surface area contributed by atoms with Crippen LogP contribution in [-0.2, 0) is 0 Å². The van der Waals surface area contributed by atoms with E-state index >= 15 is 0 Å². The van der Waals surface area contributed by atoms with Crippen molar-refractivity contribution >= 4 is 39.3 Å². The third-order valence-corrected chi connectivity index (χ3v) is 3.67. The van der Waals surface area contributed by atoms with Crippen LogP contribution in [0.15, 0.2) is 27.8 Å². The van der Waals surface area contributed by atoms with Gasteiger partial charge in [0.2, 0.25) is 0 Å². The Morgan fingerprint density at radius 3 is 2.70 bits per heavy atom. The van der Waals surface area contributed by atoms with Gasteiger partial charge in [0, 0.05) is 28.5 Å². The number of amidine groups is 1. The molecule has 20 heavy (non-hydrogen) atoms. The van der Waals surface area contributed by atoms with Crippen LogP contribution in [0.25, 0.3) is 0 Å². The number of oxime groups is 1. The van der Waals surface area contributed by atoms with Crippen molar-refractivity contribution < 1.29 is 10.0 Å². The highest BCUT2D eigenvalue weighted by Gasteiger charge is 2.21. The minimum Gasteiger partial charge on any atom is -0.409 e. The summed E-state index contributed by atoms with van der Waals surface area (Å²) in [6, 6.07) is 5.02. The van der Waals surface area contributed by atoms with Crippen LogP contribution >= 0.6 is 27.5 Å². The topological polar surface area (TPSA) is 78.9 Å². The molecule has 1 aromatic carbocycles. The summed E-state index contributed by atoms with van der Waals surface area (Å²) in [6.07, 6.45) is 0.311. The molecular formula is C13H17BrClN3O2. The molecule has 5 nitrogen and oxygen atoms in total. The smallest absolute Gasteiger partial charge is 0.255 e. The van der Waals surface area contributed by atoms with E-state index in [0.29, 0.717) is 28.0 Å². The van der Waals surface area contributed by atoms with Gasteiger partial charge in [-0.2, -0.15) is 0 Å². The molecular weight excluding hydrogens is 346 g/mol. The van der Waals surface area contributed by atoms with Gasteiger partial charge in [-0.3, -0.25) is 4.79 Å². The zero-order chi connectivity index (χ0) is 15.3. The van der Waals surface area contributed by atoms with E-state index in [9.17, 15) is 4.79 Å². The Bertz CT molecular complexity index is 520. The number of amides is 1. The van der Waals surface area contributed by atoms with Crippen LogP contribution in [0.2, 0.25) is 5.02 Å². The van der Waals surface area contributed by atoms with Crippen molar-refractivity contribution in [3.63, 3.8) is 0 Å². The van der Waals surface area contributed by atoms with Gasteiger partial charge in [-0.25, -0.2) is 0 Å². The first-order chi connectivity index (χ1) is 9.36. The molecule has 7 heteroatoms. The predicted molar refractivity (Wildman–Crippen MR) is 83.4 cm³/mol. The Balaban J connectivity index is 2.94. The Morgan fingerprint density at radius 1 is 1.55 bits per heavy atom. The average Bonchev–Trinajstić information content (AvgIpc) is 2.37. The summed E-state index contributed by atoms with van der Waals surface area (Å²) >= 11 is 9.21.